The molecule has 0 bridgehead atoms. The van der Waals surface area contributed by atoms with Crippen LogP contribution in [-0.2, 0) is 4.79 Å². The van der Waals surface area contributed by atoms with Crippen LogP contribution in [0.2, 0.25) is 0 Å². The lowest BCUT2D eigenvalue weighted by Gasteiger charge is -2.22. The minimum atomic E-state index is -0.476. The molecule has 1 aliphatic rings. The molecular weight excluding hydrogens is 216 g/mol. The summed E-state index contributed by atoms with van der Waals surface area (Å²) < 4.78 is 0. The summed E-state index contributed by atoms with van der Waals surface area (Å²) in [4.78, 5) is 17.3. The van der Waals surface area contributed by atoms with Gasteiger partial charge in [-0.2, -0.15) is 5.26 Å². The molecule has 0 spiro atoms. The van der Waals surface area contributed by atoms with E-state index in [-0.39, 0.29) is 5.91 Å². The summed E-state index contributed by atoms with van der Waals surface area (Å²) in [5.41, 5.74) is 6.22. The summed E-state index contributed by atoms with van der Waals surface area (Å²) in [6, 6.07) is 5.57. The number of rotatable bonds is 2. The van der Waals surface area contributed by atoms with Crippen LogP contribution in [0.1, 0.15) is 19.0 Å². The Morgan fingerprint density at radius 3 is 3.06 bits per heavy atom. The van der Waals surface area contributed by atoms with Gasteiger partial charge >= 0.3 is 0 Å². The smallest absolute Gasteiger partial charge is 0.225 e. The summed E-state index contributed by atoms with van der Waals surface area (Å²) in [7, 11) is 0. The van der Waals surface area contributed by atoms with Crippen molar-refractivity contribution in [1.82, 2.24) is 4.98 Å². The molecule has 17 heavy (non-hydrogen) atoms. The SMILES string of the molecule is CC1(C(N)=O)CCN(c2ccnc(C#N)c2)C1. The van der Waals surface area contributed by atoms with Gasteiger partial charge in [0, 0.05) is 25.0 Å². The van der Waals surface area contributed by atoms with Gasteiger partial charge in [-0.15, -0.1) is 0 Å². The van der Waals surface area contributed by atoms with Gasteiger partial charge in [-0.05, 0) is 25.5 Å². The fourth-order valence-electron chi connectivity index (χ4n) is 2.06. The number of anilines is 1. The molecule has 2 rings (SSSR count). The molecule has 2 heterocycles. The van der Waals surface area contributed by atoms with Crippen molar-refractivity contribution >= 4 is 11.6 Å². The highest BCUT2D eigenvalue weighted by molar-refractivity contribution is 5.82. The molecule has 1 aromatic heterocycles. The Balaban J connectivity index is 2.21. The molecule has 1 amide bonds. The maximum atomic E-state index is 11.4. The number of carbonyl (C=O) groups is 1. The lowest BCUT2D eigenvalue weighted by Crippen LogP contribution is -2.37. The Morgan fingerprint density at radius 1 is 1.71 bits per heavy atom. The van der Waals surface area contributed by atoms with Gasteiger partial charge in [0.25, 0.3) is 0 Å². The topological polar surface area (TPSA) is 83.0 Å². The molecule has 88 valence electrons. The van der Waals surface area contributed by atoms with Gasteiger partial charge in [0.05, 0.1) is 5.41 Å². The van der Waals surface area contributed by atoms with E-state index in [1.54, 1.807) is 12.3 Å². The first-order valence-electron chi connectivity index (χ1n) is 5.46. The van der Waals surface area contributed by atoms with Crippen molar-refractivity contribution < 1.29 is 4.79 Å². The Kier molecular flexibility index (Phi) is 2.72. The summed E-state index contributed by atoms with van der Waals surface area (Å²) in [6.07, 6.45) is 2.35. The number of carbonyl (C=O) groups excluding carboxylic acids is 1. The number of aromatic nitrogens is 1. The third-order valence-corrected chi connectivity index (χ3v) is 3.29. The third kappa shape index (κ3) is 2.07. The monoisotopic (exact) mass is 230 g/mol. The van der Waals surface area contributed by atoms with Crippen molar-refractivity contribution in [2.45, 2.75) is 13.3 Å². The van der Waals surface area contributed by atoms with Crippen molar-refractivity contribution in [3.63, 3.8) is 0 Å². The minimum Gasteiger partial charge on any atom is -0.370 e. The third-order valence-electron chi connectivity index (χ3n) is 3.29. The van der Waals surface area contributed by atoms with Gasteiger partial charge in [0.2, 0.25) is 5.91 Å². The van der Waals surface area contributed by atoms with Gasteiger partial charge in [-0.25, -0.2) is 4.98 Å². The normalized spacial score (nSPS) is 23.4. The van der Waals surface area contributed by atoms with Crippen LogP contribution in [0, 0.1) is 16.7 Å². The van der Waals surface area contributed by atoms with Crippen LogP contribution < -0.4 is 10.6 Å². The first-order valence-corrected chi connectivity index (χ1v) is 5.46. The van der Waals surface area contributed by atoms with Crippen LogP contribution in [0.15, 0.2) is 18.3 Å². The average molecular weight is 230 g/mol. The highest BCUT2D eigenvalue weighted by Gasteiger charge is 2.38. The van der Waals surface area contributed by atoms with Gasteiger partial charge < -0.3 is 10.6 Å². The van der Waals surface area contributed by atoms with Crippen LogP contribution in [0.25, 0.3) is 0 Å². The molecule has 0 aliphatic carbocycles. The van der Waals surface area contributed by atoms with E-state index in [1.807, 2.05) is 19.1 Å². The van der Waals surface area contributed by atoms with E-state index in [9.17, 15) is 4.79 Å². The predicted molar refractivity (Wildman–Crippen MR) is 63.1 cm³/mol. The maximum absolute atomic E-state index is 11.4. The van der Waals surface area contributed by atoms with E-state index in [2.05, 4.69) is 9.88 Å². The molecule has 1 fully saturated rings. The molecule has 0 aromatic carbocycles. The molecule has 5 heteroatoms. The van der Waals surface area contributed by atoms with Crippen molar-refractivity contribution in [2.75, 3.05) is 18.0 Å². The number of amides is 1. The number of nitrogens with zero attached hydrogens (tertiary/aromatic N) is 3. The molecule has 5 nitrogen and oxygen atoms in total. The van der Waals surface area contributed by atoms with Gasteiger partial charge in [0.1, 0.15) is 11.8 Å². The Morgan fingerprint density at radius 2 is 2.47 bits per heavy atom. The zero-order valence-electron chi connectivity index (χ0n) is 9.68. The second-order valence-electron chi connectivity index (χ2n) is 4.61. The number of pyridine rings is 1. The molecule has 1 aliphatic heterocycles. The highest BCUT2D eigenvalue weighted by Crippen LogP contribution is 2.32. The molecular formula is C12H14N4O. The van der Waals surface area contributed by atoms with Crippen LogP contribution >= 0.6 is 0 Å². The Labute approximate surface area is 99.9 Å². The Bertz CT molecular complexity index is 494. The molecule has 0 saturated carbocycles. The molecule has 1 atom stereocenters. The largest absolute Gasteiger partial charge is 0.370 e. The summed E-state index contributed by atoms with van der Waals surface area (Å²) in [5.74, 6) is -0.269. The van der Waals surface area contributed by atoms with Gasteiger partial charge in [-0.1, -0.05) is 0 Å². The number of hydrogen-bond acceptors (Lipinski definition) is 4. The number of nitriles is 1. The average Bonchev–Trinajstić information content (AvgIpc) is 2.74. The van der Waals surface area contributed by atoms with E-state index < -0.39 is 5.41 Å². The van der Waals surface area contributed by atoms with Crippen LogP contribution in [0.3, 0.4) is 0 Å². The molecule has 2 N–H and O–H groups in total. The molecule has 1 saturated heterocycles. The number of primary amides is 1. The molecule has 1 unspecified atom stereocenters. The first-order chi connectivity index (χ1) is 8.05. The zero-order chi connectivity index (χ0) is 12.5. The number of nitrogens with two attached hydrogens (primary N) is 1. The summed E-state index contributed by atoms with van der Waals surface area (Å²) in [5, 5.41) is 8.79. The second kappa shape index (κ2) is 4.06. The zero-order valence-corrected chi connectivity index (χ0v) is 9.68. The number of hydrogen-bond donors (Lipinski definition) is 1. The van der Waals surface area contributed by atoms with Crippen molar-refractivity contribution in [3.05, 3.63) is 24.0 Å². The van der Waals surface area contributed by atoms with Crippen LogP contribution in [0.5, 0.6) is 0 Å². The second-order valence-corrected chi connectivity index (χ2v) is 4.61. The fraction of sp³-hybridized carbons (Fsp3) is 0.417. The van der Waals surface area contributed by atoms with Crippen molar-refractivity contribution in [3.8, 4) is 6.07 Å². The van der Waals surface area contributed by atoms with E-state index in [1.165, 1.54) is 0 Å². The quantitative estimate of drug-likeness (QED) is 0.808. The van der Waals surface area contributed by atoms with Gasteiger partial charge in [0.15, 0.2) is 0 Å². The van der Waals surface area contributed by atoms with E-state index in [0.717, 1.165) is 18.7 Å². The van der Waals surface area contributed by atoms with Gasteiger partial charge in [-0.3, -0.25) is 4.79 Å². The summed E-state index contributed by atoms with van der Waals surface area (Å²) >= 11 is 0. The summed E-state index contributed by atoms with van der Waals surface area (Å²) in [6.45, 7) is 3.24. The minimum absolute atomic E-state index is 0.269. The van der Waals surface area contributed by atoms with Crippen molar-refractivity contribution in [1.29, 1.82) is 5.26 Å². The molecule has 1 aromatic rings. The predicted octanol–water partition coefficient (Wildman–Crippen LogP) is 0.655. The molecule has 0 radical (unpaired) electrons. The first kappa shape index (κ1) is 11.4. The van der Waals surface area contributed by atoms with Crippen LogP contribution in [-0.4, -0.2) is 24.0 Å². The standard InChI is InChI=1S/C12H14N4O/c1-12(11(14)17)3-5-16(8-12)10-2-4-15-9(6-10)7-13/h2,4,6H,3,5,8H2,1H3,(H2,14,17). The maximum Gasteiger partial charge on any atom is 0.225 e. The van der Waals surface area contributed by atoms with Crippen molar-refractivity contribution in [2.24, 2.45) is 11.1 Å². The Hall–Kier alpha value is -2.09. The lowest BCUT2D eigenvalue weighted by molar-refractivity contribution is -0.125. The van der Waals surface area contributed by atoms with Crippen LogP contribution in [0.4, 0.5) is 5.69 Å². The van der Waals surface area contributed by atoms with E-state index in [0.29, 0.717) is 12.2 Å². The van der Waals surface area contributed by atoms with E-state index >= 15 is 0 Å². The fourth-order valence-corrected chi connectivity index (χ4v) is 2.06. The highest BCUT2D eigenvalue weighted by atomic mass is 16.1. The van der Waals surface area contributed by atoms with E-state index in [4.69, 9.17) is 11.0 Å². The lowest BCUT2D eigenvalue weighted by atomic mass is 9.89.